The highest BCUT2D eigenvalue weighted by atomic mass is 35.5. The Bertz CT molecular complexity index is 685. The number of rotatable bonds is 5. The largest absolute Gasteiger partial charge is 0.490 e. The van der Waals surface area contributed by atoms with Crippen LogP contribution in [0.2, 0.25) is 5.02 Å². The minimum Gasteiger partial charge on any atom is -0.490 e. The van der Waals surface area contributed by atoms with Crippen molar-refractivity contribution in [3.8, 4) is 5.75 Å². The van der Waals surface area contributed by atoms with Crippen LogP contribution in [0.15, 0.2) is 47.4 Å². The summed E-state index contributed by atoms with van der Waals surface area (Å²) in [5.41, 5.74) is 6.15. The minimum absolute atomic E-state index is 0.0639. The van der Waals surface area contributed by atoms with Crippen LogP contribution in [-0.2, 0) is 6.54 Å². The number of nitrogens with zero attached hydrogens (tertiary/aromatic N) is 1. The molecular weight excluding hydrogens is 296 g/mol. The van der Waals surface area contributed by atoms with E-state index < -0.39 is 0 Å². The Hall–Kier alpha value is -1.85. The fraction of sp³-hybridized carbons (Fsp3) is 0.143. The molecule has 1 aromatic carbocycles. The second-order valence-corrected chi connectivity index (χ2v) is 4.94. The molecule has 4 nitrogen and oxygen atoms in total. The van der Waals surface area contributed by atoms with Crippen molar-refractivity contribution in [1.29, 1.82) is 0 Å². The molecule has 0 aliphatic rings. The van der Waals surface area contributed by atoms with Crippen LogP contribution in [0.1, 0.15) is 5.56 Å². The van der Waals surface area contributed by atoms with Crippen LogP contribution in [0.3, 0.4) is 0 Å². The van der Waals surface area contributed by atoms with Gasteiger partial charge in [-0.15, -0.1) is 0 Å². The van der Waals surface area contributed by atoms with Gasteiger partial charge in [-0.05, 0) is 24.3 Å². The Morgan fingerprint density at radius 3 is 2.80 bits per heavy atom. The molecule has 0 bridgehead atoms. The SMILES string of the molecule is NC(=S)c1ccc(OCCn2ccccc2=O)c(Cl)c1. The summed E-state index contributed by atoms with van der Waals surface area (Å²) in [5, 5.41) is 0.440. The molecule has 0 atom stereocenters. The van der Waals surface area contributed by atoms with Gasteiger partial charge in [-0.3, -0.25) is 4.79 Å². The molecule has 1 aromatic heterocycles. The van der Waals surface area contributed by atoms with Gasteiger partial charge in [0.1, 0.15) is 17.3 Å². The lowest BCUT2D eigenvalue weighted by atomic mass is 10.2. The number of ether oxygens (including phenoxy) is 1. The normalized spacial score (nSPS) is 10.2. The summed E-state index contributed by atoms with van der Waals surface area (Å²) in [7, 11) is 0. The van der Waals surface area contributed by atoms with E-state index in [0.717, 1.165) is 0 Å². The van der Waals surface area contributed by atoms with E-state index in [2.05, 4.69) is 0 Å². The first-order valence-corrected chi connectivity index (χ1v) is 6.74. The van der Waals surface area contributed by atoms with E-state index >= 15 is 0 Å². The predicted molar refractivity (Wildman–Crippen MR) is 83.5 cm³/mol. The average molecular weight is 309 g/mol. The number of pyridine rings is 1. The van der Waals surface area contributed by atoms with E-state index in [9.17, 15) is 4.79 Å². The summed E-state index contributed by atoms with van der Waals surface area (Å²) in [4.78, 5) is 11.8. The molecule has 0 amide bonds. The van der Waals surface area contributed by atoms with E-state index in [1.807, 2.05) is 0 Å². The van der Waals surface area contributed by atoms with Crippen molar-refractivity contribution in [3.63, 3.8) is 0 Å². The van der Waals surface area contributed by atoms with Crippen molar-refractivity contribution in [2.75, 3.05) is 6.61 Å². The summed E-state index contributed by atoms with van der Waals surface area (Å²) in [5.74, 6) is 0.538. The minimum atomic E-state index is -0.0639. The molecule has 0 saturated carbocycles. The van der Waals surface area contributed by atoms with E-state index in [0.29, 0.717) is 29.5 Å². The summed E-state index contributed by atoms with van der Waals surface area (Å²) in [6.45, 7) is 0.795. The fourth-order valence-corrected chi connectivity index (χ4v) is 2.03. The highest BCUT2D eigenvalue weighted by Gasteiger charge is 2.05. The van der Waals surface area contributed by atoms with Crippen LogP contribution < -0.4 is 16.0 Å². The molecule has 0 radical (unpaired) electrons. The third-order valence-electron chi connectivity index (χ3n) is 2.71. The van der Waals surface area contributed by atoms with Crippen molar-refractivity contribution in [1.82, 2.24) is 4.57 Å². The third-order valence-corrected chi connectivity index (χ3v) is 3.24. The smallest absolute Gasteiger partial charge is 0.250 e. The molecular formula is C14H13ClN2O2S. The van der Waals surface area contributed by atoms with Crippen LogP contribution in [0.25, 0.3) is 0 Å². The zero-order chi connectivity index (χ0) is 14.5. The van der Waals surface area contributed by atoms with Crippen molar-refractivity contribution < 1.29 is 4.74 Å². The Morgan fingerprint density at radius 2 is 2.15 bits per heavy atom. The highest BCUT2D eigenvalue weighted by molar-refractivity contribution is 7.80. The van der Waals surface area contributed by atoms with E-state index in [1.165, 1.54) is 6.07 Å². The van der Waals surface area contributed by atoms with Crippen LogP contribution >= 0.6 is 23.8 Å². The first-order chi connectivity index (χ1) is 9.58. The first-order valence-electron chi connectivity index (χ1n) is 5.95. The summed E-state index contributed by atoms with van der Waals surface area (Å²) >= 11 is 10.9. The Morgan fingerprint density at radius 1 is 1.35 bits per heavy atom. The number of nitrogens with two attached hydrogens (primary N) is 1. The molecule has 2 N–H and O–H groups in total. The molecule has 0 spiro atoms. The average Bonchev–Trinajstić information content (AvgIpc) is 2.42. The molecule has 0 aliphatic heterocycles. The quantitative estimate of drug-likeness (QED) is 0.861. The van der Waals surface area contributed by atoms with Crippen molar-refractivity contribution in [2.24, 2.45) is 5.73 Å². The number of aromatic nitrogens is 1. The summed E-state index contributed by atoms with van der Waals surface area (Å²) < 4.78 is 7.12. The highest BCUT2D eigenvalue weighted by Crippen LogP contribution is 2.25. The number of thiocarbonyl (C=S) groups is 1. The number of hydrogen-bond acceptors (Lipinski definition) is 3. The Labute approximate surface area is 126 Å². The van der Waals surface area contributed by atoms with Crippen molar-refractivity contribution >= 4 is 28.8 Å². The number of benzene rings is 1. The topological polar surface area (TPSA) is 57.2 Å². The van der Waals surface area contributed by atoms with E-state index in [4.69, 9.17) is 34.3 Å². The zero-order valence-electron chi connectivity index (χ0n) is 10.6. The molecule has 104 valence electrons. The van der Waals surface area contributed by atoms with Crippen LogP contribution in [0.4, 0.5) is 0 Å². The Balaban J connectivity index is 2.00. The molecule has 2 aromatic rings. The lowest BCUT2D eigenvalue weighted by molar-refractivity contribution is 0.296. The molecule has 2 rings (SSSR count). The maximum atomic E-state index is 11.5. The molecule has 6 heteroatoms. The van der Waals surface area contributed by atoms with Crippen molar-refractivity contribution in [2.45, 2.75) is 6.54 Å². The second kappa shape index (κ2) is 6.54. The first kappa shape index (κ1) is 14.6. The van der Waals surface area contributed by atoms with Gasteiger partial charge in [-0.2, -0.15) is 0 Å². The van der Waals surface area contributed by atoms with Gasteiger partial charge in [0.15, 0.2) is 0 Å². The standard InChI is InChI=1S/C14H13ClN2O2S/c15-11-9-10(14(16)20)4-5-12(11)19-8-7-17-6-2-1-3-13(17)18/h1-6,9H,7-8H2,(H2,16,20). The molecule has 1 heterocycles. The molecule has 0 fully saturated rings. The van der Waals surface area contributed by atoms with E-state index in [-0.39, 0.29) is 10.5 Å². The number of halogens is 1. The fourth-order valence-electron chi connectivity index (χ4n) is 1.67. The van der Waals surface area contributed by atoms with Gasteiger partial charge >= 0.3 is 0 Å². The lowest BCUT2D eigenvalue weighted by Gasteiger charge is -2.10. The molecule has 20 heavy (non-hydrogen) atoms. The molecule has 0 unspecified atom stereocenters. The second-order valence-electron chi connectivity index (χ2n) is 4.09. The maximum Gasteiger partial charge on any atom is 0.250 e. The van der Waals surface area contributed by atoms with Gasteiger partial charge < -0.3 is 15.0 Å². The van der Waals surface area contributed by atoms with Crippen LogP contribution in [-0.4, -0.2) is 16.2 Å². The monoisotopic (exact) mass is 308 g/mol. The summed E-state index contributed by atoms with van der Waals surface area (Å²) in [6, 6.07) is 10.1. The third kappa shape index (κ3) is 3.59. The van der Waals surface area contributed by atoms with Gasteiger partial charge in [-0.1, -0.05) is 29.9 Å². The predicted octanol–water partition coefficient (Wildman–Crippen LogP) is 2.21. The van der Waals surface area contributed by atoms with Gasteiger partial charge in [0.25, 0.3) is 5.56 Å². The molecule has 0 aliphatic carbocycles. The van der Waals surface area contributed by atoms with Gasteiger partial charge in [0.2, 0.25) is 0 Å². The van der Waals surface area contributed by atoms with Gasteiger partial charge in [0, 0.05) is 17.8 Å². The lowest BCUT2D eigenvalue weighted by Crippen LogP contribution is -2.21. The maximum absolute atomic E-state index is 11.5. The summed E-state index contributed by atoms with van der Waals surface area (Å²) in [6.07, 6.45) is 1.71. The number of hydrogen-bond donors (Lipinski definition) is 1. The van der Waals surface area contributed by atoms with Crippen molar-refractivity contribution in [3.05, 3.63) is 63.5 Å². The van der Waals surface area contributed by atoms with E-state index in [1.54, 1.807) is 41.1 Å². The van der Waals surface area contributed by atoms with Gasteiger partial charge in [0.05, 0.1) is 11.6 Å². The molecule has 0 saturated heterocycles. The zero-order valence-corrected chi connectivity index (χ0v) is 12.2. The van der Waals surface area contributed by atoms with Crippen LogP contribution in [0, 0.1) is 0 Å². The van der Waals surface area contributed by atoms with Crippen LogP contribution in [0.5, 0.6) is 5.75 Å². The Kier molecular flexibility index (Phi) is 4.76. The van der Waals surface area contributed by atoms with Gasteiger partial charge in [-0.25, -0.2) is 0 Å².